The van der Waals surface area contributed by atoms with Crippen molar-refractivity contribution in [1.82, 2.24) is 8.87 Å². The largest absolute Gasteiger partial charge is 0.380 e. The number of fused-ring (bicyclic) bond motifs is 1. The van der Waals surface area contributed by atoms with Crippen LogP contribution in [0.15, 0.2) is 52.4 Å². The minimum Gasteiger partial charge on any atom is -0.380 e. The summed E-state index contributed by atoms with van der Waals surface area (Å²) in [6.07, 6.45) is 1.71. The Morgan fingerprint density at radius 2 is 1.97 bits per heavy atom. The van der Waals surface area contributed by atoms with E-state index in [0.29, 0.717) is 30.1 Å². The van der Waals surface area contributed by atoms with Crippen LogP contribution in [0.4, 0.5) is 5.69 Å². The first-order valence-electron chi connectivity index (χ1n) is 10.7. The summed E-state index contributed by atoms with van der Waals surface area (Å²) in [5.41, 5.74) is 0.782. The van der Waals surface area contributed by atoms with Crippen LogP contribution in [0.3, 0.4) is 0 Å². The molecule has 34 heavy (non-hydrogen) atoms. The lowest BCUT2D eigenvalue weighted by Crippen LogP contribution is -2.28. The number of nitrogens with zero attached hydrogens (tertiary/aromatic N) is 4. The zero-order chi connectivity index (χ0) is 24.5. The van der Waals surface area contributed by atoms with E-state index in [2.05, 4.69) is 4.99 Å². The molecule has 0 aliphatic heterocycles. The van der Waals surface area contributed by atoms with E-state index in [9.17, 15) is 23.3 Å². The third-order valence-electron chi connectivity index (χ3n) is 5.58. The number of benzene rings is 2. The predicted molar refractivity (Wildman–Crippen MR) is 127 cm³/mol. The van der Waals surface area contributed by atoms with Crippen molar-refractivity contribution in [1.29, 1.82) is 0 Å². The highest BCUT2D eigenvalue weighted by Gasteiger charge is 2.35. The first-order chi connectivity index (χ1) is 16.2. The van der Waals surface area contributed by atoms with Crippen LogP contribution in [0, 0.1) is 10.1 Å². The van der Waals surface area contributed by atoms with Gasteiger partial charge >= 0.3 is 0 Å². The number of non-ortho nitro benzene ring substituents is 1. The molecule has 10 nitrogen and oxygen atoms in total. The molecule has 1 aromatic heterocycles. The quantitative estimate of drug-likeness (QED) is 0.250. The Morgan fingerprint density at radius 3 is 2.59 bits per heavy atom. The van der Waals surface area contributed by atoms with Gasteiger partial charge in [0, 0.05) is 43.9 Å². The fourth-order valence-corrected chi connectivity index (χ4v) is 5.94. The molecule has 1 amide bonds. The van der Waals surface area contributed by atoms with Gasteiger partial charge in [-0.15, -0.1) is 0 Å². The molecule has 3 aromatic rings. The van der Waals surface area contributed by atoms with E-state index in [1.807, 2.05) is 6.92 Å². The maximum absolute atomic E-state index is 12.9. The summed E-state index contributed by atoms with van der Waals surface area (Å²) in [5, 5.41) is 11.2. The Balaban J connectivity index is 1.67. The van der Waals surface area contributed by atoms with Gasteiger partial charge in [0.25, 0.3) is 11.6 Å². The van der Waals surface area contributed by atoms with Crippen molar-refractivity contribution in [3.05, 3.63) is 62.9 Å². The molecule has 0 bridgehead atoms. The second-order valence-corrected chi connectivity index (χ2v) is 10.8. The van der Waals surface area contributed by atoms with Crippen LogP contribution in [0.2, 0.25) is 0 Å². The summed E-state index contributed by atoms with van der Waals surface area (Å²) >= 11 is 1.24. The van der Waals surface area contributed by atoms with Crippen LogP contribution in [0.25, 0.3) is 10.2 Å². The third kappa shape index (κ3) is 4.94. The molecule has 2 aromatic carbocycles. The van der Waals surface area contributed by atoms with Gasteiger partial charge in [-0.05, 0) is 50.1 Å². The molecule has 1 heterocycles. The smallest absolute Gasteiger partial charge is 0.279 e. The Kier molecular flexibility index (Phi) is 6.94. The number of amides is 1. The SMILES string of the molecule is CCOCCn1c(=NC(=O)c2ccc(S(=O)(=O)N(C)C3CC3)cc2)sc2ccc([N+](=O)[O-])cc21. The summed E-state index contributed by atoms with van der Waals surface area (Å²) in [7, 11) is -2.04. The monoisotopic (exact) mass is 504 g/mol. The van der Waals surface area contributed by atoms with Gasteiger partial charge in [0.2, 0.25) is 10.0 Å². The lowest BCUT2D eigenvalue weighted by atomic mass is 10.2. The Bertz CT molecular complexity index is 1410. The van der Waals surface area contributed by atoms with Crippen LogP contribution in [-0.2, 0) is 21.3 Å². The molecule has 0 unspecified atom stereocenters. The zero-order valence-electron chi connectivity index (χ0n) is 18.7. The Morgan fingerprint density at radius 1 is 1.26 bits per heavy atom. The van der Waals surface area contributed by atoms with Gasteiger partial charge in [-0.1, -0.05) is 11.3 Å². The number of sulfonamides is 1. The Labute approximate surface area is 200 Å². The molecule has 0 atom stereocenters. The molecular formula is C22H24N4O6S2. The number of thiazole rings is 1. The van der Waals surface area contributed by atoms with E-state index < -0.39 is 20.9 Å². The number of aromatic nitrogens is 1. The highest BCUT2D eigenvalue weighted by molar-refractivity contribution is 7.89. The van der Waals surface area contributed by atoms with Gasteiger partial charge in [0.05, 0.1) is 26.6 Å². The second-order valence-electron chi connectivity index (χ2n) is 7.84. The van der Waals surface area contributed by atoms with Crippen LogP contribution in [0.1, 0.15) is 30.1 Å². The maximum Gasteiger partial charge on any atom is 0.279 e. The molecular weight excluding hydrogens is 480 g/mol. The fraction of sp³-hybridized carbons (Fsp3) is 0.364. The van der Waals surface area contributed by atoms with Crippen LogP contribution < -0.4 is 4.80 Å². The molecule has 0 saturated heterocycles. The van der Waals surface area contributed by atoms with Gasteiger partial charge in [-0.3, -0.25) is 14.9 Å². The highest BCUT2D eigenvalue weighted by Crippen LogP contribution is 2.30. The highest BCUT2D eigenvalue weighted by atomic mass is 32.2. The van der Waals surface area contributed by atoms with Gasteiger partial charge in [0.15, 0.2) is 4.80 Å². The molecule has 0 spiro atoms. The lowest BCUT2D eigenvalue weighted by molar-refractivity contribution is -0.384. The first kappa shape index (κ1) is 24.2. The van der Waals surface area contributed by atoms with Crippen molar-refractivity contribution in [2.45, 2.75) is 37.2 Å². The first-order valence-corrected chi connectivity index (χ1v) is 13.0. The summed E-state index contributed by atoms with van der Waals surface area (Å²) in [5.74, 6) is -0.536. The number of hydrogen-bond acceptors (Lipinski definition) is 7. The molecule has 180 valence electrons. The molecule has 1 saturated carbocycles. The van der Waals surface area contributed by atoms with Crippen LogP contribution in [-0.4, -0.2) is 54.4 Å². The maximum atomic E-state index is 12.9. The molecule has 0 N–H and O–H groups in total. The number of carbonyl (C=O) groups excluding carboxylic acids is 1. The van der Waals surface area contributed by atoms with Gasteiger partial charge in [0.1, 0.15) is 0 Å². The average Bonchev–Trinajstić information content (AvgIpc) is 3.61. The van der Waals surface area contributed by atoms with Crippen LogP contribution in [0.5, 0.6) is 0 Å². The second kappa shape index (κ2) is 9.74. The molecule has 4 rings (SSSR count). The minimum absolute atomic E-state index is 0.0391. The molecule has 1 aliphatic rings. The summed E-state index contributed by atoms with van der Waals surface area (Å²) in [4.78, 5) is 28.4. The van der Waals surface area contributed by atoms with E-state index in [4.69, 9.17) is 4.74 Å². The van der Waals surface area contributed by atoms with Crippen molar-refractivity contribution in [2.24, 2.45) is 4.99 Å². The normalized spacial score (nSPS) is 14.7. The summed E-state index contributed by atoms with van der Waals surface area (Å²) < 4.78 is 34.6. The van der Waals surface area contributed by atoms with Crippen LogP contribution >= 0.6 is 11.3 Å². The van der Waals surface area contributed by atoms with Gasteiger partial charge in [-0.25, -0.2) is 8.42 Å². The summed E-state index contributed by atoms with van der Waals surface area (Å²) in [6, 6.07) is 10.3. The van der Waals surface area contributed by atoms with Crippen molar-refractivity contribution in [2.75, 3.05) is 20.3 Å². The van der Waals surface area contributed by atoms with Crippen molar-refractivity contribution in [3.8, 4) is 0 Å². The number of nitro groups is 1. The Hall–Kier alpha value is -2.93. The van der Waals surface area contributed by atoms with E-state index in [-0.39, 0.29) is 22.2 Å². The molecule has 0 radical (unpaired) electrons. The zero-order valence-corrected chi connectivity index (χ0v) is 20.3. The molecule has 1 fully saturated rings. The lowest BCUT2D eigenvalue weighted by Gasteiger charge is -2.16. The number of carbonyl (C=O) groups is 1. The van der Waals surface area contributed by atoms with Gasteiger partial charge in [-0.2, -0.15) is 9.30 Å². The molecule has 1 aliphatic carbocycles. The predicted octanol–water partition coefficient (Wildman–Crippen LogP) is 3.17. The number of nitro benzene ring substituents is 1. The number of ether oxygens (including phenoxy) is 1. The van der Waals surface area contributed by atoms with Crippen molar-refractivity contribution in [3.63, 3.8) is 0 Å². The standard InChI is InChI=1S/C22H24N4O6S2/c1-3-32-13-12-25-19-14-17(26(28)29)8-11-20(19)33-22(25)23-21(27)15-4-9-18(10-5-15)34(30,31)24(2)16-6-7-16/h4-5,8-11,14,16H,3,6-7,12-13H2,1-2H3. The molecule has 12 heteroatoms. The minimum atomic E-state index is -3.60. The number of rotatable bonds is 9. The average molecular weight is 505 g/mol. The fourth-order valence-electron chi connectivity index (χ4n) is 3.49. The third-order valence-corrected chi connectivity index (χ3v) is 8.56. The van der Waals surface area contributed by atoms with E-state index >= 15 is 0 Å². The van der Waals surface area contributed by atoms with E-state index in [0.717, 1.165) is 17.5 Å². The van der Waals surface area contributed by atoms with E-state index in [1.54, 1.807) is 17.7 Å². The number of hydrogen-bond donors (Lipinski definition) is 0. The van der Waals surface area contributed by atoms with E-state index in [1.165, 1.54) is 52.0 Å². The van der Waals surface area contributed by atoms with Crippen molar-refractivity contribution >= 4 is 43.2 Å². The van der Waals surface area contributed by atoms with Crippen molar-refractivity contribution < 1.29 is 22.9 Å². The topological polar surface area (TPSA) is 124 Å². The summed E-state index contributed by atoms with van der Waals surface area (Å²) in [6.45, 7) is 3.10. The van der Waals surface area contributed by atoms with Gasteiger partial charge < -0.3 is 9.30 Å².